The van der Waals surface area contributed by atoms with Crippen LogP contribution in [-0.2, 0) is 30.3 Å². The summed E-state index contributed by atoms with van der Waals surface area (Å²) in [5, 5.41) is 4.27. The van der Waals surface area contributed by atoms with Gasteiger partial charge in [0.25, 0.3) is 17.7 Å². The zero-order chi connectivity index (χ0) is 35.3. The van der Waals surface area contributed by atoms with Gasteiger partial charge < -0.3 is 25.0 Å². The number of esters is 2. The summed E-state index contributed by atoms with van der Waals surface area (Å²) in [4.78, 5) is 65.0. The van der Waals surface area contributed by atoms with E-state index in [9.17, 15) is 37.1 Å². The van der Waals surface area contributed by atoms with Gasteiger partial charge in [0.05, 0.1) is 12.6 Å². The van der Waals surface area contributed by atoms with Gasteiger partial charge >= 0.3 is 18.1 Å². The van der Waals surface area contributed by atoms with E-state index in [2.05, 4.69) is 5.32 Å². The van der Waals surface area contributed by atoms with Crippen LogP contribution in [0.2, 0.25) is 0 Å². The van der Waals surface area contributed by atoms with Crippen LogP contribution < -0.4 is 15.4 Å². The first kappa shape index (κ1) is 36.9. The number of carbonyl (C=O) groups is 5. The Morgan fingerprint density at radius 3 is 2.19 bits per heavy atom. The first-order chi connectivity index (χ1) is 21.7. The zero-order valence-electron chi connectivity index (χ0n) is 26.4. The Hall–Kier alpha value is -4.56. The van der Waals surface area contributed by atoms with E-state index < -0.39 is 84.9 Å². The van der Waals surface area contributed by atoms with Crippen molar-refractivity contribution in [2.24, 2.45) is 5.41 Å². The smallest absolute Gasteiger partial charge is 0.405 e. The monoisotopic (exact) mass is 669 g/mol. The van der Waals surface area contributed by atoms with Crippen LogP contribution in [0.25, 0.3) is 0 Å². The topological polar surface area (TPSA) is 131 Å². The van der Waals surface area contributed by atoms with Gasteiger partial charge in [0, 0.05) is 30.4 Å². The van der Waals surface area contributed by atoms with Crippen LogP contribution in [0.15, 0.2) is 48.5 Å². The van der Waals surface area contributed by atoms with E-state index in [0.717, 1.165) is 20.8 Å². The van der Waals surface area contributed by atoms with Gasteiger partial charge in [0.2, 0.25) is 12.0 Å². The second-order valence-electron chi connectivity index (χ2n) is 11.9. The molecule has 10 nitrogen and oxygen atoms in total. The molecule has 1 saturated heterocycles. The van der Waals surface area contributed by atoms with Crippen LogP contribution in [0.3, 0.4) is 0 Å². The number of hydrogen-bond acceptors (Lipinski definition) is 7. The molecule has 15 heteroatoms. The van der Waals surface area contributed by atoms with Crippen molar-refractivity contribution in [3.05, 3.63) is 65.2 Å². The molecule has 3 rings (SSSR count). The van der Waals surface area contributed by atoms with E-state index in [1.807, 2.05) is 0 Å². The van der Waals surface area contributed by atoms with Gasteiger partial charge in [-0.05, 0) is 37.5 Å². The van der Waals surface area contributed by atoms with Gasteiger partial charge in [-0.3, -0.25) is 24.0 Å². The maximum absolute atomic E-state index is 15.4. The maximum Gasteiger partial charge on any atom is 0.405 e. The van der Waals surface area contributed by atoms with Gasteiger partial charge in [0.15, 0.2) is 0 Å². The summed E-state index contributed by atoms with van der Waals surface area (Å²) in [6, 6.07) is 9.30. The molecule has 3 unspecified atom stereocenters. The molecule has 2 aromatic rings. The zero-order valence-corrected chi connectivity index (χ0v) is 26.4. The highest BCUT2D eigenvalue weighted by molar-refractivity contribution is 5.97. The fourth-order valence-corrected chi connectivity index (χ4v) is 5.17. The molecule has 2 aromatic carbocycles. The minimum atomic E-state index is -4.82. The summed E-state index contributed by atoms with van der Waals surface area (Å²) in [6.07, 6.45) is -7.72. The first-order valence-electron chi connectivity index (χ1n) is 14.5. The van der Waals surface area contributed by atoms with Crippen LogP contribution in [-0.4, -0.2) is 77.9 Å². The van der Waals surface area contributed by atoms with Crippen molar-refractivity contribution >= 4 is 29.7 Å². The number of alkyl halides is 5. The fraction of sp³-hybridized carbons (Fsp3) is 0.469. The second-order valence-corrected chi connectivity index (χ2v) is 11.9. The number of carbonyl (C=O) groups excluding carboxylic acids is 5. The standard InChI is InChI=1S/C32H36F5N3O7/c1-18-22(12-9-13-25(18)46-19(2)41)27(43)39-23(14-21-10-7-6-8-11-21)26(47-20(3)42)29(45)40-17-31(33,34)30(4,5)15-24(40)28(44)38-16-32(35,36)37/h6-13,23-24,26H,14-17H2,1-5H3,(H,38,44)(H,39,43). The number of piperidine rings is 1. The van der Waals surface area contributed by atoms with E-state index >= 15 is 8.78 Å². The highest BCUT2D eigenvalue weighted by atomic mass is 19.4. The van der Waals surface area contributed by atoms with Crippen LogP contribution >= 0.6 is 0 Å². The average Bonchev–Trinajstić information content (AvgIpc) is 2.96. The third-order valence-electron chi connectivity index (χ3n) is 7.79. The van der Waals surface area contributed by atoms with Crippen molar-refractivity contribution in [2.75, 3.05) is 13.1 Å². The molecule has 256 valence electrons. The number of benzene rings is 2. The van der Waals surface area contributed by atoms with Gasteiger partial charge in [-0.2, -0.15) is 13.2 Å². The fourth-order valence-electron chi connectivity index (χ4n) is 5.17. The van der Waals surface area contributed by atoms with Gasteiger partial charge in [-0.15, -0.1) is 0 Å². The van der Waals surface area contributed by atoms with Crippen molar-refractivity contribution in [3.8, 4) is 5.75 Å². The molecule has 0 radical (unpaired) electrons. The second kappa shape index (κ2) is 14.5. The predicted octanol–water partition coefficient (Wildman–Crippen LogP) is 4.13. The van der Waals surface area contributed by atoms with Crippen LogP contribution in [0.1, 0.15) is 55.6 Å². The van der Waals surface area contributed by atoms with Crippen molar-refractivity contribution in [1.82, 2.24) is 15.5 Å². The molecule has 2 N–H and O–H groups in total. The molecule has 1 heterocycles. The summed E-state index contributed by atoms with van der Waals surface area (Å²) >= 11 is 0. The molecule has 0 aliphatic carbocycles. The van der Waals surface area contributed by atoms with E-state index in [4.69, 9.17) is 9.47 Å². The maximum atomic E-state index is 15.4. The van der Waals surface area contributed by atoms with Crippen molar-refractivity contribution in [1.29, 1.82) is 0 Å². The minimum Gasteiger partial charge on any atom is -0.450 e. The molecule has 1 fully saturated rings. The minimum absolute atomic E-state index is 0.00601. The average molecular weight is 670 g/mol. The SMILES string of the molecule is CC(=O)Oc1cccc(C(=O)NC(Cc2ccccc2)C(OC(C)=O)C(=O)N2CC(F)(F)C(C)(C)CC2C(=O)NCC(F)(F)F)c1C. The third-order valence-corrected chi connectivity index (χ3v) is 7.79. The molecule has 0 spiro atoms. The molecule has 0 bridgehead atoms. The van der Waals surface area contributed by atoms with Gasteiger partial charge in [-0.1, -0.05) is 50.2 Å². The normalized spacial score (nSPS) is 18.3. The van der Waals surface area contributed by atoms with Gasteiger partial charge in [0.1, 0.15) is 18.3 Å². The number of ether oxygens (including phenoxy) is 2. The summed E-state index contributed by atoms with van der Waals surface area (Å²) < 4.78 is 80.0. The van der Waals surface area contributed by atoms with E-state index in [1.54, 1.807) is 35.6 Å². The Bertz CT molecular complexity index is 1500. The summed E-state index contributed by atoms with van der Waals surface area (Å²) in [6.45, 7) is 2.69. The molecular formula is C32H36F5N3O7. The Morgan fingerprint density at radius 1 is 0.979 bits per heavy atom. The number of halogens is 5. The van der Waals surface area contributed by atoms with Crippen LogP contribution in [0.4, 0.5) is 22.0 Å². The Balaban J connectivity index is 2.08. The highest BCUT2D eigenvalue weighted by Gasteiger charge is 2.57. The Labute approximate surface area is 268 Å². The number of likely N-dealkylation sites (tertiary alicyclic amines) is 1. The lowest BCUT2D eigenvalue weighted by Gasteiger charge is -2.48. The molecule has 0 aromatic heterocycles. The lowest BCUT2D eigenvalue weighted by molar-refractivity contribution is -0.191. The van der Waals surface area contributed by atoms with E-state index in [0.29, 0.717) is 10.5 Å². The van der Waals surface area contributed by atoms with Crippen LogP contribution in [0, 0.1) is 12.3 Å². The van der Waals surface area contributed by atoms with Gasteiger partial charge in [-0.25, -0.2) is 8.78 Å². The molecule has 1 aliphatic heterocycles. The molecule has 0 saturated carbocycles. The van der Waals surface area contributed by atoms with E-state index in [1.165, 1.54) is 32.0 Å². The van der Waals surface area contributed by atoms with Crippen molar-refractivity contribution in [3.63, 3.8) is 0 Å². The van der Waals surface area contributed by atoms with E-state index in [-0.39, 0.29) is 23.3 Å². The quantitative estimate of drug-likeness (QED) is 0.221. The van der Waals surface area contributed by atoms with Crippen molar-refractivity contribution < 1.29 is 55.4 Å². The lowest BCUT2D eigenvalue weighted by atomic mass is 9.75. The lowest BCUT2D eigenvalue weighted by Crippen LogP contribution is -2.66. The predicted molar refractivity (Wildman–Crippen MR) is 157 cm³/mol. The number of rotatable bonds is 10. The molecular weight excluding hydrogens is 633 g/mol. The number of nitrogens with one attached hydrogen (secondary N) is 2. The van der Waals surface area contributed by atoms with Crippen LogP contribution in [0.5, 0.6) is 5.75 Å². The van der Waals surface area contributed by atoms with Crippen molar-refractivity contribution in [2.45, 2.75) is 77.7 Å². The highest BCUT2D eigenvalue weighted by Crippen LogP contribution is 2.46. The number of nitrogens with zero attached hydrogens (tertiary/aromatic N) is 1. The summed E-state index contributed by atoms with van der Waals surface area (Å²) in [5.41, 5.74) is -1.14. The molecule has 3 atom stereocenters. The molecule has 47 heavy (non-hydrogen) atoms. The number of hydrogen-bond donors (Lipinski definition) is 2. The largest absolute Gasteiger partial charge is 0.450 e. The Morgan fingerprint density at radius 2 is 1.62 bits per heavy atom. The molecule has 1 aliphatic rings. The first-order valence-corrected chi connectivity index (χ1v) is 14.5. The number of amides is 3. The Kier molecular flexibility index (Phi) is 11.4. The molecule has 3 amide bonds. The summed E-state index contributed by atoms with van der Waals surface area (Å²) in [7, 11) is 0. The summed E-state index contributed by atoms with van der Waals surface area (Å²) in [5.74, 6) is -8.70. The third kappa shape index (κ3) is 9.48.